The van der Waals surface area contributed by atoms with Crippen LogP contribution in [0.3, 0.4) is 0 Å². The number of aliphatic hydroxyl groups excluding tert-OH is 1. The molecule has 100 valence electrons. The van der Waals surface area contributed by atoms with Crippen molar-refractivity contribution in [2.24, 2.45) is 0 Å². The van der Waals surface area contributed by atoms with Crippen LogP contribution in [0.2, 0.25) is 0 Å². The first-order valence-electron chi connectivity index (χ1n) is 6.34. The molecule has 0 bridgehead atoms. The van der Waals surface area contributed by atoms with Crippen LogP contribution >= 0.6 is 0 Å². The summed E-state index contributed by atoms with van der Waals surface area (Å²) in [5.41, 5.74) is 2.30. The minimum absolute atomic E-state index is 0.0747. The van der Waals surface area contributed by atoms with Gasteiger partial charge in [0.25, 0.3) is 0 Å². The molecule has 0 saturated carbocycles. The summed E-state index contributed by atoms with van der Waals surface area (Å²) in [5, 5.41) is 12.3. The number of methoxy groups -OCH3 is 1. The molecule has 1 aromatic rings. The maximum atomic E-state index is 9.03. The van der Waals surface area contributed by atoms with Gasteiger partial charge in [0.15, 0.2) is 0 Å². The molecule has 4 nitrogen and oxygen atoms in total. The summed E-state index contributed by atoms with van der Waals surface area (Å²) in [6.45, 7) is 4.82. The molecule has 1 aromatic carbocycles. The molecule has 2 atom stereocenters. The minimum Gasteiger partial charge on any atom is -0.497 e. The van der Waals surface area contributed by atoms with Gasteiger partial charge in [0.2, 0.25) is 0 Å². The third kappa shape index (κ3) is 2.76. The van der Waals surface area contributed by atoms with E-state index in [-0.39, 0.29) is 18.8 Å². The van der Waals surface area contributed by atoms with Gasteiger partial charge in [-0.1, -0.05) is 0 Å². The van der Waals surface area contributed by atoms with Crippen LogP contribution in [0.4, 0.5) is 0 Å². The molecule has 0 saturated heterocycles. The number of nitrogens with one attached hydrogen (secondary N) is 1. The Morgan fingerprint density at radius 2 is 2.33 bits per heavy atom. The molecule has 1 aliphatic rings. The number of benzene rings is 1. The van der Waals surface area contributed by atoms with Crippen molar-refractivity contribution >= 4 is 0 Å². The standard InChI is InChI=1S/C14H21NO3/c1-9(8-16)15-7-12-6-13(17-3)5-11-4-10(2)18-14(11)12/h5-6,9-10,15-16H,4,7-8H2,1-3H3/t9-,10?/m1/s1. The number of rotatable bonds is 5. The maximum Gasteiger partial charge on any atom is 0.127 e. The van der Waals surface area contributed by atoms with Gasteiger partial charge in [0.05, 0.1) is 13.7 Å². The summed E-state index contributed by atoms with van der Waals surface area (Å²) in [4.78, 5) is 0. The lowest BCUT2D eigenvalue weighted by Crippen LogP contribution is -2.28. The van der Waals surface area contributed by atoms with Crippen molar-refractivity contribution in [1.82, 2.24) is 5.32 Å². The molecule has 0 radical (unpaired) electrons. The molecule has 0 aliphatic carbocycles. The van der Waals surface area contributed by atoms with E-state index in [1.54, 1.807) is 7.11 Å². The molecule has 2 rings (SSSR count). The highest BCUT2D eigenvalue weighted by atomic mass is 16.5. The summed E-state index contributed by atoms with van der Waals surface area (Å²) in [7, 11) is 1.68. The number of hydrogen-bond acceptors (Lipinski definition) is 4. The molecule has 1 aliphatic heterocycles. The van der Waals surface area contributed by atoms with Crippen molar-refractivity contribution in [2.45, 2.75) is 39.0 Å². The average molecular weight is 251 g/mol. The molecule has 0 amide bonds. The van der Waals surface area contributed by atoms with Gasteiger partial charge >= 0.3 is 0 Å². The highest BCUT2D eigenvalue weighted by molar-refractivity contribution is 5.49. The second kappa shape index (κ2) is 5.59. The first-order valence-corrected chi connectivity index (χ1v) is 6.34. The van der Waals surface area contributed by atoms with Crippen molar-refractivity contribution in [3.8, 4) is 11.5 Å². The van der Waals surface area contributed by atoms with E-state index >= 15 is 0 Å². The molecule has 1 unspecified atom stereocenters. The highest BCUT2D eigenvalue weighted by Gasteiger charge is 2.23. The van der Waals surface area contributed by atoms with Gasteiger partial charge < -0.3 is 19.9 Å². The molecule has 18 heavy (non-hydrogen) atoms. The molecule has 2 N–H and O–H groups in total. The molecule has 0 fully saturated rings. The van der Waals surface area contributed by atoms with E-state index in [4.69, 9.17) is 14.6 Å². The third-order valence-electron chi connectivity index (χ3n) is 3.19. The van der Waals surface area contributed by atoms with Crippen molar-refractivity contribution in [3.05, 3.63) is 23.3 Å². The SMILES string of the molecule is COc1cc(CN[C@H](C)CO)c2c(c1)CC(C)O2. The number of hydrogen-bond donors (Lipinski definition) is 2. The second-order valence-electron chi connectivity index (χ2n) is 4.87. The van der Waals surface area contributed by atoms with Gasteiger partial charge in [0.1, 0.15) is 17.6 Å². The first-order chi connectivity index (χ1) is 8.63. The Kier molecular flexibility index (Phi) is 4.09. The van der Waals surface area contributed by atoms with Crippen LogP contribution in [0.25, 0.3) is 0 Å². The number of fused-ring (bicyclic) bond motifs is 1. The average Bonchev–Trinajstić information content (AvgIpc) is 2.75. The zero-order valence-electron chi connectivity index (χ0n) is 11.2. The van der Waals surface area contributed by atoms with Gasteiger partial charge in [-0.3, -0.25) is 0 Å². The fraction of sp³-hybridized carbons (Fsp3) is 0.571. The molecular formula is C14H21NO3. The van der Waals surface area contributed by atoms with Crippen LogP contribution in [0.5, 0.6) is 11.5 Å². The Bertz CT molecular complexity index is 420. The number of ether oxygens (including phenoxy) is 2. The lowest BCUT2D eigenvalue weighted by Gasteiger charge is -2.14. The van der Waals surface area contributed by atoms with Crippen LogP contribution < -0.4 is 14.8 Å². The monoisotopic (exact) mass is 251 g/mol. The molecular weight excluding hydrogens is 230 g/mol. The molecule has 4 heteroatoms. The van der Waals surface area contributed by atoms with Gasteiger partial charge in [-0.25, -0.2) is 0 Å². The van der Waals surface area contributed by atoms with E-state index in [1.807, 2.05) is 19.1 Å². The number of aliphatic hydroxyl groups is 1. The van der Waals surface area contributed by atoms with Gasteiger partial charge in [-0.15, -0.1) is 0 Å². The van der Waals surface area contributed by atoms with E-state index in [2.05, 4.69) is 12.2 Å². The smallest absolute Gasteiger partial charge is 0.127 e. The summed E-state index contributed by atoms with van der Waals surface area (Å²) in [6.07, 6.45) is 1.15. The zero-order chi connectivity index (χ0) is 13.1. The van der Waals surface area contributed by atoms with Crippen LogP contribution in [0, 0.1) is 0 Å². The second-order valence-corrected chi connectivity index (χ2v) is 4.87. The first kappa shape index (κ1) is 13.2. The van der Waals surface area contributed by atoms with Crippen LogP contribution in [0.1, 0.15) is 25.0 Å². The summed E-state index contributed by atoms with van der Waals surface area (Å²) < 4.78 is 11.2. The van der Waals surface area contributed by atoms with Gasteiger partial charge in [-0.2, -0.15) is 0 Å². The van der Waals surface area contributed by atoms with E-state index in [0.717, 1.165) is 23.5 Å². The fourth-order valence-electron chi connectivity index (χ4n) is 2.18. The third-order valence-corrected chi connectivity index (χ3v) is 3.19. The summed E-state index contributed by atoms with van der Waals surface area (Å²) in [5.74, 6) is 1.83. The summed E-state index contributed by atoms with van der Waals surface area (Å²) >= 11 is 0. The zero-order valence-corrected chi connectivity index (χ0v) is 11.2. The van der Waals surface area contributed by atoms with Crippen LogP contribution in [0.15, 0.2) is 12.1 Å². The quantitative estimate of drug-likeness (QED) is 0.832. The topological polar surface area (TPSA) is 50.7 Å². The lowest BCUT2D eigenvalue weighted by molar-refractivity contribution is 0.243. The molecule has 1 heterocycles. The van der Waals surface area contributed by atoms with Gasteiger partial charge in [-0.05, 0) is 26.0 Å². The van der Waals surface area contributed by atoms with Crippen molar-refractivity contribution in [2.75, 3.05) is 13.7 Å². The van der Waals surface area contributed by atoms with E-state index in [1.165, 1.54) is 5.56 Å². The molecule has 0 spiro atoms. The van der Waals surface area contributed by atoms with E-state index < -0.39 is 0 Å². The largest absolute Gasteiger partial charge is 0.497 e. The Morgan fingerprint density at radius 1 is 1.56 bits per heavy atom. The Morgan fingerprint density at radius 3 is 3.00 bits per heavy atom. The van der Waals surface area contributed by atoms with Crippen molar-refractivity contribution in [3.63, 3.8) is 0 Å². The van der Waals surface area contributed by atoms with E-state index in [0.29, 0.717) is 6.54 Å². The minimum atomic E-state index is 0.0747. The van der Waals surface area contributed by atoms with E-state index in [9.17, 15) is 0 Å². The van der Waals surface area contributed by atoms with Crippen molar-refractivity contribution < 1.29 is 14.6 Å². The highest BCUT2D eigenvalue weighted by Crippen LogP contribution is 2.36. The Balaban J connectivity index is 2.20. The Labute approximate surface area is 108 Å². The normalized spacial score (nSPS) is 19.2. The Hall–Kier alpha value is -1.26. The fourth-order valence-corrected chi connectivity index (χ4v) is 2.18. The predicted octanol–water partition coefficient (Wildman–Crippen LogP) is 1.49. The van der Waals surface area contributed by atoms with Crippen molar-refractivity contribution in [1.29, 1.82) is 0 Å². The predicted molar refractivity (Wildman–Crippen MR) is 70.2 cm³/mol. The molecule has 0 aromatic heterocycles. The van der Waals surface area contributed by atoms with Crippen LogP contribution in [-0.2, 0) is 13.0 Å². The lowest BCUT2D eigenvalue weighted by atomic mass is 10.1. The van der Waals surface area contributed by atoms with Crippen LogP contribution in [-0.4, -0.2) is 31.0 Å². The maximum absolute atomic E-state index is 9.03. The summed E-state index contributed by atoms with van der Waals surface area (Å²) in [6, 6.07) is 4.11. The van der Waals surface area contributed by atoms with Gasteiger partial charge in [0, 0.05) is 30.1 Å².